The van der Waals surface area contributed by atoms with Crippen molar-refractivity contribution in [3.05, 3.63) is 82.3 Å². The molecule has 0 saturated carbocycles. The topological polar surface area (TPSA) is 128 Å². The van der Waals surface area contributed by atoms with Crippen molar-refractivity contribution in [2.24, 2.45) is 0 Å². The number of aliphatic hydroxyl groups excluding tert-OH is 1. The standard InChI is InChI=1S/C26H28N2O7S/c1-27(2)13-14-28-21(16-7-5-4-6-8-16)24(19(26(33)34)15-20(29)30)36-23(22(31)25(28)32)17-9-11-18(35-3)12-10-17/h4-12,15,22-23,31H,13-14H2,1-3H3,(H,29,30)(H,33,34)/b19-15-/t22-,23-/m1/s1. The van der Waals surface area contributed by atoms with Crippen LogP contribution in [0.5, 0.6) is 5.75 Å². The van der Waals surface area contributed by atoms with Gasteiger partial charge in [0.15, 0.2) is 0 Å². The first-order valence-corrected chi connectivity index (χ1v) is 11.9. The Morgan fingerprint density at radius 1 is 1.08 bits per heavy atom. The van der Waals surface area contributed by atoms with Gasteiger partial charge in [-0.05, 0) is 37.4 Å². The Bertz CT molecular complexity index is 1180. The van der Waals surface area contributed by atoms with Crippen LogP contribution in [0.2, 0.25) is 0 Å². The Balaban J connectivity index is 2.32. The van der Waals surface area contributed by atoms with Crippen molar-refractivity contribution in [3.8, 4) is 5.75 Å². The minimum Gasteiger partial charge on any atom is -0.497 e. The Labute approximate surface area is 213 Å². The first-order valence-electron chi connectivity index (χ1n) is 11.1. The molecule has 9 nitrogen and oxygen atoms in total. The van der Waals surface area contributed by atoms with Crippen LogP contribution in [0.4, 0.5) is 0 Å². The fourth-order valence-electron chi connectivity index (χ4n) is 3.76. The van der Waals surface area contributed by atoms with Gasteiger partial charge in [0.25, 0.3) is 5.91 Å². The number of methoxy groups -OCH3 is 1. The van der Waals surface area contributed by atoms with Crippen molar-refractivity contribution >= 4 is 35.3 Å². The lowest BCUT2D eigenvalue weighted by Gasteiger charge is -2.29. The highest BCUT2D eigenvalue weighted by atomic mass is 32.2. The molecule has 2 atom stereocenters. The molecule has 0 saturated heterocycles. The number of hydrogen-bond donors (Lipinski definition) is 3. The molecule has 0 fully saturated rings. The van der Waals surface area contributed by atoms with Crippen molar-refractivity contribution in [2.45, 2.75) is 11.4 Å². The second-order valence-corrected chi connectivity index (χ2v) is 9.45. The Kier molecular flexibility index (Phi) is 8.92. The Hall–Kier alpha value is -3.60. The third-order valence-electron chi connectivity index (χ3n) is 5.54. The Morgan fingerprint density at radius 3 is 2.25 bits per heavy atom. The quantitative estimate of drug-likeness (QED) is 0.435. The van der Waals surface area contributed by atoms with E-state index in [1.807, 2.05) is 19.0 Å². The number of hydrogen-bond acceptors (Lipinski definition) is 7. The summed E-state index contributed by atoms with van der Waals surface area (Å²) in [6.07, 6.45) is -0.910. The van der Waals surface area contributed by atoms with Crippen molar-refractivity contribution in [1.29, 1.82) is 0 Å². The van der Waals surface area contributed by atoms with E-state index in [-0.39, 0.29) is 17.1 Å². The highest BCUT2D eigenvalue weighted by Gasteiger charge is 2.40. The van der Waals surface area contributed by atoms with Gasteiger partial charge in [-0.1, -0.05) is 42.5 Å². The van der Waals surface area contributed by atoms with Gasteiger partial charge in [0, 0.05) is 24.1 Å². The fraction of sp³-hybridized carbons (Fsp3) is 0.269. The fourth-order valence-corrected chi connectivity index (χ4v) is 5.16. The van der Waals surface area contributed by atoms with Gasteiger partial charge >= 0.3 is 11.9 Å². The van der Waals surface area contributed by atoms with Crippen LogP contribution in [0.15, 0.2) is 71.2 Å². The summed E-state index contributed by atoms with van der Waals surface area (Å²) in [7, 11) is 5.17. The van der Waals surface area contributed by atoms with Crippen LogP contribution < -0.4 is 4.74 Å². The van der Waals surface area contributed by atoms with Crippen LogP contribution >= 0.6 is 11.8 Å². The number of carbonyl (C=O) groups excluding carboxylic acids is 1. The van der Waals surface area contributed by atoms with Gasteiger partial charge in [0.05, 0.1) is 23.6 Å². The third-order valence-corrected chi connectivity index (χ3v) is 6.97. The lowest BCUT2D eigenvalue weighted by molar-refractivity contribution is -0.137. The molecule has 0 radical (unpaired) electrons. The molecule has 1 aliphatic rings. The van der Waals surface area contributed by atoms with Crippen LogP contribution in [-0.4, -0.2) is 83.4 Å². The highest BCUT2D eigenvalue weighted by Crippen LogP contribution is 2.48. The van der Waals surface area contributed by atoms with Gasteiger partial charge in [-0.15, -0.1) is 11.8 Å². The zero-order chi connectivity index (χ0) is 26.4. The van der Waals surface area contributed by atoms with Gasteiger partial charge in [-0.3, -0.25) is 4.79 Å². The van der Waals surface area contributed by atoms with E-state index in [1.165, 1.54) is 12.0 Å². The average molecular weight is 513 g/mol. The van der Waals surface area contributed by atoms with Crippen LogP contribution in [0, 0.1) is 0 Å². The molecule has 0 spiro atoms. The number of aliphatic hydroxyl groups is 1. The predicted octanol–water partition coefficient (Wildman–Crippen LogP) is 2.70. The molecule has 0 aromatic heterocycles. The van der Waals surface area contributed by atoms with Crippen LogP contribution in [0.25, 0.3) is 5.70 Å². The molecule has 190 valence electrons. The number of nitrogens with zero attached hydrogens (tertiary/aromatic N) is 2. The Morgan fingerprint density at radius 2 is 1.72 bits per heavy atom. The largest absolute Gasteiger partial charge is 0.497 e. The molecule has 0 unspecified atom stereocenters. The van der Waals surface area contributed by atoms with Crippen LogP contribution in [0.3, 0.4) is 0 Å². The summed E-state index contributed by atoms with van der Waals surface area (Å²) in [5, 5.41) is 29.8. The molecule has 0 bridgehead atoms. The van der Waals surface area contributed by atoms with E-state index in [0.29, 0.717) is 29.5 Å². The number of carboxylic acid groups (broad SMARTS) is 2. The third kappa shape index (κ3) is 6.14. The molecular formula is C26H28N2O7S. The molecule has 2 aromatic carbocycles. The number of likely N-dealkylation sites (N-methyl/N-ethyl adjacent to an activating group) is 1. The SMILES string of the molecule is COc1ccc([C@H]2SC(/C(=C/C(=O)O)C(=O)O)=C(c3ccccc3)N(CCN(C)C)C(=O)[C@@H]2O)cc1. The first-order chi connectivity index (χ1) is 17.1. The summed E-state index contributed by atoms with van der Waals surface area (Å²) < 4.78 is 5.20. The molecule has 10 heteroatoms. The molecule has 2 aromatic rings. The van der Waals surface area contributed by atoms with Crippen molar-refractivity contribution in [1.82, 2.24) is 9.80 Å². The van der Waals surface area contributed by atoms with Gasteiger partial charge in [-0.25, -0.2) is 9.59 Å². The monoisotopic (exact) mass is 512 g/mol. The molecule has 0 aliphatic carbocycles. The van der Waals surface area contributed by atoms with E-state index >= 15 is 0 Å². The highest BCUT2D eigenvalue weighted by molar-refractivity contribution is 8.03. The molecule has 3 N–H and O–H groups in total. The van der Waals surface area contributed by atoms with Gasteiger partial charge in [0.2, 0.25) is 0 Å². The van der Waals surface area contributed by atoms with E-state index in [0.717, 1.165) is 11.8 Å². The predicted molar refractivity (Wildman–Crippen MR) is 136 cm³/mol. The number of amides is 1. The van der Waals surface area contributed by atoms with Crippen molar-refractivity contribution in [2.75, 3.05) is 34.3 Å². The second kappa shape index (κ2) is 11.9. The number of aliphatic carboxylic acids is 2. The summed E-state index contributed by atoms with van der Waals surface area (Å²) in [6.45, 7) is 0.567. The lowest BCUT2D eigenvalue weighted by atomic mass is 10.0. The van der Waals surface area contributed by atoms with Crippen LogP contribution in [0.1, 0.15) is 16.4 Å². The molecule has 36 heavy (non-hydrogen) atoms. The zero-order valence-corrected chi connectivity index (χ0v) is 20.9. The normalized spacial score (nSPS) is 18.9. The summed E-state index contributed by atoms with van der Waals surface area (Å²) in [5.74, 6) is -2.94. The second-order valence-electron chi connectivity index (χ2n) is 8.29. The summed E-state index contributed by atoms with van der Waals surface area (Å²) in [6, 6.07) is 15.4. The van der Waals surface area contributed by atoms with Crippen LogP contribution in [-0.2, 0) is 14.4 Å². The maximum Gasteiger partial charge on any atom is 0.337 e. The van der Waals surface area contributed by atoms with Crippen molar-refractivity contribution < 1.29 is 34.4 Å². The molecular weight excluding hydrogens is 484 g/mol. The molecule has 3 rings (SSSR count). The molecule has 1 heterocycles. The van der Waals surface area contributed by atoms with Gasteiger partial charge < -0.3 is 29.9 Å². The van der Waals surface area contributed by atoms with Crippen molar-refractivity contribution in [3.63, 3.8) is 0 Å². The van der Waals surface area contributed by atoms with E-state index < -0.39 is 34.8 Å². The number of ether oxygens (including phenoxy) is 1. The number of benzene rings is 2. The molecule has 1 amide bonds. The number of carboxylic acids is 2. The van der Waals surface area contributed by atoms with Gasteiger partial charge in [0.1, 0.15) is 11.9 Å². The number of carbonyl (C=O) groups is 3. The molecule has 1 aliphatic heterocycles. The summed E-state index contributed by atoms with van der Waals surface area (Å²) >= 11 is 0.950. The maximum absolute atomic E-state index is 13.7. The smallest absolute Gasteiger partial charge is 0.337 e. The number of thioether (sulfide) groups is 1. The minimum atomic E-state index is -1.53. The maximum atomic E-state index is 13.7. The van der Waals surface area contributed by atoms with E-state index in [4.69, 9.17) is 4.74 Å². The van der Waals surface area contributed by atoms with E-state index in [2.05, 4.69) is 0 Å². The van der Waals surface area contributed by atoms with Gasteiger partial charge in [-0.2, -0.15) is 0 Å². The summed E-state index contributed by atoms with van der Waals surface area (Å²) in [4.78, 5) is 40.9. The van der Waals surface area contributed by atoms with E-state index in [9.17, 15) is 29.7 Å². The minimum absolute atomic E-state index is 0.0700. The zero-order valence-electron chi connectivity index (χ0n) is 20.1. The lowest BCUT2D eigenvalue weighted by Crippen LogP contribution is -2.42. The number of rotatable bonds is 9. The summed E-state index contributed by atoms with van der Waals surface area (Å²) in [5.41, 5.74) is 0.826. The first kappa shape index (κ1) is 27.0. The average Bonchev–Trinajstić information content (AvgIpc) is 2.96. The van der Waals surface area contributed by atoms with E-state index in [1.54, 1.807) is 54.6 Å².